The lowest BCUT2D eigenvalue weighted by atomic mass is 9.80. The second-order valence-electron chi connectivity index (χ2n) is 6.52. The van der Waals surface area contributed by atoms with Crippen LogP contribution in [0, 0.1) is 17.8 Å². The number of nitrogens with two attached hydrogens (primary N) is 1. The van der Waals surface area contributed by atoms with E-state index in [9.17, 15) is 4.79 Å². The first-order chi connectivity index (χ1) is 9.24. The summed E-state index contributed by atoms with van der Waals surface area (Å²) >= 11 is 0. The molecular weight excluding hydrogens is 236 g/mol. The molecule has 1 atom stereocenters. The van der Waals surface area contributed by atoms with Crippen LogP contribution in [-0.2, 0) is 4.79 Å². The molecule has 0 heterocycles. The monoisotopic (exact) mass is 266 g/mol. The molecular formula is C16H30N2O. The van der Waals surface area contributed by atoms with E-state index in [-0.39, 0.29) is 17.9 Å². The van der Waals surface area contributed by atoms with Gasteiger partial charge in [0.05, 0.1) is 0 Å². The van der Waals surface area contributed by atoms with Gasteiger partial charge in [-0.15, -0.1) is 0 Å². The minimum Gasteiger partial charge on any atom is -0.352 e. The Morgan fingerprint density at radius 1 is 1.16 bits per heavy atom. The average molecular weight is 266 g/mol. The van der Waals surface area contributed by atoms with Crippen LogP contribution in [-0.4, -0.2) is 18.5 Å². The molecule has 0 aromatic carbocycles. The first-order valence-corrected chi connectivity index (χ1v) is 8.25. The molecule has 2 saturated carbocycles. The van der Waals surface area contributed by atoms with Crippen LogP contribution in [0.25, 0.3) is 0 Å². The van der Waals surface area contributed by atoms with Gasteiger partial charge in [-0.2, -0.15) is 0 Å². The number of carbonyl (C=O) groups is 1. The summed E-state index contributed by atoms with van der Waals surface area (Å²) in [6.45, 7) is 2.86. The molecule has 0 bridgehead atoms. The highest BCUT2D eigenvalue weighted by molar-refractivity contribution is 5.79. The van der Waals surface area contributed by atoms with Crippen molar-refractivity contribution in [3.63, 3.8) is 0 Å². The van der Waals surface area contributed by atoms with Crippen molar-refractivity contribution >= 4 is 5.91 Å². The first-order valence-electron chi connectivity index (χ1n) is 8.25. The Hall–Kier alpha value is -0.570. The van der Waals surface area contributed by atoms with Gasteiger partial charge >= 0.3 is 0 Å². The van der Waals surface area contributed by atoms with Crippen LogP contribution in [0.5, 0.6) is 0 Å². The average Bonchev–Trinajstić information content (AvgIpc) is 2.98. The fourth-order valence-corrected chi connectivity index (χ4v) is 3.86. The van der Waals surface area contributed by atoms with Gasteiger partial charge in [0, 0.05) is 18.5 Å². The lowest BCUT2D eigenvalue weighted by molar-refractivity contribution is -0.127. The number of hydrogen-bond donors (Lipinski definition) is 2. The molecule has 0 radical (unpaired) electrons. The van der Waals surface area contributed by atoms with Crippen molar-refractivity contribution in [2.45, 2.75) is 70.8 Å². The van der Waals surface area contributed by atoms with Gasteiger partial charge in [-0.25, -0.2) is 0 Å². The quantitative estimate of drug-likeness (QED) is 0.804. The number of nitrogens with one attached hydrogen (secondary N) is 1. The number of hydrogen-bond acceptors (Lipinski definition) is 2. The van der Waals surface area contributed by atoms with Gasteiger partial charge in [0.15, 0.2) is 0 Å². The van der Waals surface area contributed by atoms with E-state index >= 15 is 0 Å². The lowest BCUT2D eigenvalue weighted by Gasteiger charge is -2.30. The van der Waals surface area contributed by atoms with Gasteiger partial charge in [0.2, 0.25) is 5.91 Å². The van der Waals surface area contributed by atoms with E-state index in [2.05, 4.69) is 12.2 Å². The number of carbonyl (C=O) groups excluding carboxylic acids is 1. The smallest absolute Gasteiger partial charge is 0.223 e. The predicted octanol–water partition coefficient (Wildman–Crippen LogP) is 2.84. The SMILES string of the molecule is CCC1CCC(C(=O)NC(CN)C2CCCC2)CC1. The van der Waals surface area contributed by atoms with E-state index in [1.54, 1.807) is 0 Å². The minimum absolute atomic E-state index is 0.221. The molecule has 3 nitrogen and oxygen atoms in total. The summed E-state index contributed by atoms with van der Waals surface area (Å²) in [5.74, 6) is 2.00. The standard InChI is InChI=1S/C16H30N2O/c1-2-12-7-9-14(10-8-12)16(19)18-15(11-17)13-5-3-4-6-13/h12-15H,2-11,17H2,1H3,(H,18,19). The molecule has 0 saturated heterocycles. The molecule has 0 spiro atoms. The largest absolute Gasteiger partial charge is 0.352 e. The van der Waals surface area contributed by atoms with Crippen molar-refractivity contribution in [2.75, 3.05) is 6.54 Å². The van der Waals surface area contributed by atoms with Gasteiger partial charge in [-0.3, -0.25) is 4.79 Å². The molecule has 110 valence electrons. The van der Waals surface area contributed by atoms with Crippen LogP contribution in [0.15, 0.2) is 0 Å². The van der Waals surface area contributed by atoms with Crippen LogP contribution >= 0.6 is 0 Å². The predicted molar refractivity (Wildman–Crippen MR) is 78.7 cm³/mol. The van der Waals surface area contributed by atoms with E-state index < -0.39 is 0 Å². The van der Waals surface area contributed by atoms with Crippen LogP contribution < -0.4 is 11.1 Å². The van der Waals surface area contributed by atoms with Gasteiger partial charge in [-0.1, -0.05) is 26.2 Å². The second kappa shape index (κ2) is 7.28. The molecule has 3 heteroatoms. The van der Waals surface area contributed by atoms with Crippen molar-refractivity contribution in [3.8, 4) is 0 Å². The Kier molecular flexibility index (Phi) is 5.68. The zero-order valence-corrected chi connectivity index (χ0v) is 12.4. The van der Waals surface area contributed by atoms with E-state index in [1.807, 2.05) is 0 Å². The van der Waals surface area contributed by atoms with Gasteiger partial charge in [0.25, 0.3) is 0 Å². The molecule has 0 aliphatic heterocycles. The fourth-order valence-electron chi connectivity index (χ4n) is 3.86. The van der Waals surface area contributed by atoms with E-state index in [0.29, 0.717) is 12.5 Å². The molecule has 2 fully saturated rings. The van der Waals surface area contributed by atoms with Crippen LogP contribution in [0.2, 0.25) is 0 Å². The topological polar surface area (TPSA) is 55.1 Å². The van der Waals surface area contributed by atoms with Crippen molar-refractivity contribution in [1.29, 1.82) is 0 Å². The Morgan fingerprint density at radius 2 is 1.79 bits per heavy atom. The maximum atomic E-state index is 12.4. The van der Waals surface area contributed by atoms with Gasteiger partial charge in [-0.05, 0) is 50.4 Å². The highest BCUT2D eigenvalue weighted by Gasteiger charge is 2.30. The summed E-state index contributed by atoms with van der Waals surface area (Å²) in [5.41, 5.74) is 5.86. The molecule has 3 N–H and O–H groups in total. The number of rotatable bonds is 5. The molecule has 19 heavy (non-hydrogen) atoms. The molecule has 1 unspecified atom stereocenters. The Balaban J connectivity index is 1.79. The van der Waals surface area contributed by atoms with Crippen molar-refractivity contribution < 1.29 is 4.79 Å². The van der Waals surface area contributed by atoms with E-state index in [0.717, 1.165) is 18.8 Å². The highest BCUT2D eigenvalue weighted by atomic mass is 16.1. The molecule has 1 amide bonds. The van der Waals surface area contributed by atoms with Gasteiger partial charge in [0.1, 0.15) is 0 Å². The lowest BCUT2D eigenvalue weighted by Crippen LogP contribution is -2.47. The van der Waals surface area contributed by atoms with Crippen molar-refractivity contribution in [1.82, 2.24) is 5.32 Å². The maximum absolute atomic E-state index is 12.4. The molecule has 0 aromatic heterocycles. The summed E-state index contributed by atoms with van der Waals surface area (Å²) in [6.07, 6.45) is 11.0. The summed E-state index contributed by atoms with van der Waals surface area (Å²) in [7, 11) is 0. The summed E-state index contributed by atoms with van der Waals surface area (Å²) in [4.78, 5) is 12.4. The zero-order valence-electron chi connectivity index (χ0n) is 12.4. The minimum atomic E-state index is 0.221. The first kappa shape index (κ1) is 14.8. The van der Waals surface area contributed by atoms with Crippen LogP contribution in [0.3, 0.4) is 0 Å². The summed E-state index contributed by atoms with van der Waals surface area (Å²) < 4.78 is 0. The van der Waals surface area contributed by atoms with E-state index in [1.165, 1.54) is 44.9 Å². The second-order valence-corrected chi connectivity index (χ2v) is 6.52. The van der Waals surface area contributed by atoms with Crippen LogP contribution in [0.1, 0.15) is 64.7 Å². The third kappa shape index (κ3) is 3.95. The van der Waals surface area contributed by atoms with Crippen molar-refractivity contribution in [3.05, 3.63) is 0 Å². The maximum Gasteiger partial charge on any atom is 0.223 e. The summed E-state index contributed by atoms with van der Waals surface area (Å²) in [5, 5.41) is 3.25. The molecule has 2 aliphatic rings. The molecule has 0 aromatic rings. The molecule has 2 aliphatic carbocycles. The fraction of sp³-hybridized carbons (Fsp3) is 0.938. The summed E-state index contributed by atoms with van der Waals surface area (Å²) in [6, 6.07) is 0.221. The van der Waals surface area contributed by atoms with Crippen LogP contribution in [0.4, 0.5) is 0 Å². The normalized spacial score (nSPS) is 30.2. The number of amides is 1. The highest BCUT2D eigenvalue weighted by Crippen LogP contribution is 2.31. The third-order valence-corrected chi connectivity index (χ3v) is 5.35. The Morgan fingerprint density at radius 3 is 2.32 bits per heavy atom. The van der Waals surface area contributed by atoms with Gasteiger partial charge < -0.3 is 11.1 Å². The Labute approximate surface area is 117 Å². The van der Waals surface area contributed by atoms with E-state index in [4.69, 9.17) is 5.73 Å². The van der Waals surface area contributed by atoms with Crippen molar-refractivity contribution in [2.24, 2.45) is 23.5 Å². The third-order valence-electron chi connectivity index (χ3n) is 5.35. The molecule has 2 rings (SSSR count). The zero-order chi connectivity index (χ0) is 13.7. The Bertz CT molecular complexity index is 278.